The molecule has 1 heterocycles. The second-order valence-electron chi connectivity index (χ2n) is 13.7. The lowest BCUT2D eigenvalue weighted by atomic mass is 9.88. The highest BCUT2D eigenvalue weighted by Gasteiger charge is 2.24. The average molecular weight is 634 g/mol. The van der Waals surface area contributed by atoms with E-state index in [-0.39, 0.29) is 0 Å². The van der Waals surface area contributed by atoms with Crippen LogP contribution in [0.4, 0.5) is 0 Å². The fourth-order valence-corrected chi connectivity index (χ4v) is 8.74. The molecule has 1 aliphatic carbocycles. The quantitative estimate of drug-likeness (QED) is 0.171. The maximum absolute atomic E-state index is 2.45. The van der Waals surface area contributed by atoms with Crippen molar-refractivity contribution in [3.63, 3.8) is 0 Å². The molecule has 0 spiro atoms. The van der Waals surface area contributed by atoms with Crippen molar-refractivity contribution in [3.05, 3.63) is 187 Å². The zero-order valence-corrected chi connectivity index (χ0v) is 27.4. The van der Waals surface area contributed by atoms with Gasteiger partial charge in [-0.15, -0.1) is 0 Å². The van der Waals surface area contributed by atoms with Crippen molar-refractivity contribution in [3.8, 4) is 39.1 Å². The van der Waals surface area contributed by atoms with Crippen LogP contribution in [-0.4, -0.2) is 4.57 Å². The molecule has 0 saturated heterocycles. The first kappa shape index (κ1) is 27.5. The van der Waals surface area contributed by atoms with Gasteiger partial charge in [0.1, 0.15) is 0 Å². The fraction of sp³-hybridized carbons (Fsp3) is 0.0204. The van der Waals surface area contributed by atoms with Crippen LogP contribution < -0.4 is 0 Å². The molecule has 1 aliphatic rings. The predicted molar refractivity (Wildman–Crippen MR) is 212 cm³/mol. The van der Waals surface area contributed by atoms with Gasteiger partial charge in [-0.25, -0.2) is 0 Å². The van der Waals surface area contributed by atoms with Gasteiger partial charge in [0.15, 0.2) is 0 Å². The Balaban J connectivity index is 1.17. The van der Waals surface area contributed by atoms with Gasteiger partial charge in [0.05, 0.1) is 11.0 Å². The van der Waals surface area contributed by atoms with E-state index in [1.165, 1.54) is 104 Å². The third-order valence-electron chi connectivity index (χ3n) is 11.0. The summed E-state index contributed by atoms with van der Waals surface area (Å²) in [6.45, 7) is 0. The molecule has 50 heavy (non-hydrogen) atoms. The Morgan fingerprint density at radius 3 is 1.66 bits per heavy atom. The average Bonchev–Trinajstić information content (AvgIpc) is 3.73. The third-order valence-corrected chi connectivity index (χ3v) is 11.0. The van der Waals surface area contributed by atoms with Gasteiger partial charge in [-0.2, -0.15) is 0 Å². The smallest absolute Gasteiger partial charge is 0.0541 e. The van der Waals surface area contributed by atoms with Crippen molar-refractivity contribution >= 4 is 54.1 Å². The molecule has 0 N–H and O–H groups in total. The van der Waals surface area contributed by atoms with Crippen LogP contribution in [0.15, 0.2) is 176 Å². The molecule has 0 bridgehead atoms. The van der Waals surface area contributed by atoms with Crippen molar-refractivity contribution in [1.29, 1.82) is 0 Å². The summed E-state index contributed by atoms with van der Waals surface area (Å²) >= 11 is 0. The highest BCUT2D eigenvalue weighted by atomic mass is 15.0. The SMILES string of the molecule is c1ccc(-n2c3ccccc3c3cc(-c4cc(-c5ccc6c7ccccc7c7ccccc7c6c5)c5c(c4)-c4ccccc4C5)ccc32)cc1. The van der Waals surface area contributed by atoms with E-state index < -0.39 is 0 Å². The van der Waals surface area contributed by atoms with Crippen LogP contribution in [0.3, 0.4) is 0 Å². The second kappa shape index (κ2) is 10.5. The molecule has 0 fully saturated rings. The molecule has 0 radical (unpaired) electrons. The number of rotatable bonds is 3. The first-order valence-electron chi connectivity index (χ1n) is 17.5. The zero-order valence-electron chi connectivity index (χ0n) is 27.4. The molecule has 0 atom stereocenters. The van der Waals surface area contributed by atoms with Gasteiger partial charge in [0.25, 0.3) is 0 Å². The number of hydrogen-bond donors (Lipinski definition) is 0. The molecule has 9 aromatic carbocycles. The minimum atomic E-state index is 0.946. The van der Waals surface area contributed by atoms with Gasteiger partial charge in [0.2, 0.25) is 0 Å². The largest absolute Gasteiger partial charge is 0.309 e. The predicted octanol–water partition coefficient (Wildman–Crippen LogP) is 13.1. The lowest BCUT2D eigenvalue weighted by Crippen LogP contribution is -1.93. The van der Waals surface area contributed by atoms with E-state index in [9.17, 15) is 0 Å². The molecule has 0 saturated carbocycles. The number of para-hydroxylation sites is 2. The maximum atomic E-state index is 2.45. The summed E-state index contributed by atoms with van der Waals surface area (Å²) < 4.78 is 2.39. The number of nitrogens with zero attached hydrogens (tertiary/aromatic N) is 1. The zero-order chi connectivity index (χ0) is 32.8. The number of aromatic nitrogens is 1. The molecular formula is C49H31N. The summed E-state index contributed by atoms with van der Waals surface area (Å²) in [5, 5.41) is 10.4. The maximum Gasteiger partial charge on any atom is 0.0541 e. The van der Waals surface area contributed by atoms with Crippen LogP contribution in [0.5, 0.6) is 0 Å². The van der Waals surface area contributed by atoms with Crippen LogP contribution in [0.1, 0.15) is 11.1 Å². The topological polar surface area (TPSA) is 4.93 Å². The Hall–Kier alpha value is -6.44. The van der Waals surface area contributed by atoms with Gasteiger partial charge in [0, 0.05) is 16.5 Å². The highest BCUT2D eigenvalue weighted by molar-refractivity contribution is 6.25. The Labute approximate surface area is 290 Å². The molecular weight excluding hydrogens is 603 g/mol. The molecule has 0 aliphatic heterocycles. The van der Waals surface area contributed by atoms with E-state index in [1.807, 2.05) is 0 Å². The van der Waals surface area contributed by atoms with Gasteiger partial charge in [-0.3, -0.25) is 0 Å². The molecule has 232 valence electrons. The Kier molecular flexibility index (Phi) is 5.79. The van der Waals surface area contributed by atoms with Crippen molar-refractivity contribution in [2.75, 3.05) is 0 Å². The molecule has 11 rings (SSSR count). The summed E-state index contributed by atoms with van der Waals surface area (Å²) in [5.41, 5.74) is 14.2. The summed E-state index contributed by atoms with van der Waals surface area (Å²) in [6.07, 6.45) is 0.946. The van der Waals surface area contributed by atoms with Crippen LogP contribution in [0.25, 0.3) is 93.2 Å². The summed E-state index contributed by atoms with van der Waals surface area (Å²) in [6, 6.07) is 65.2. The van der Waals surface area contributed by atoms with Gasteiger partial charge in [-0.05, 0) is 132 Å². The van der Waals surface area contributed by atoms with Crippen LogP contribution in [-0.2, 0) is 6.42 Å². The van der Waals surface area contributed by atoms with E-state index in [4.69, 9.17) is 0 Å². The van der Waals surface area contributed by atoms with Crippen LogP contribution in [0, 0.1) is 0 Å². The minimum absolute atomic E-state index is 0.946. The highest BCUT2D eigenvalue weighted by Crippen LogP contribution is 2.46. The van der Waals surface area contributed by atoms with Gasteiger partial charge >= 0.3 is 0 Å². The van der Waals surface area contributed by atoms with E-state index >= 15 is 0 Å². The van der Waals surface area contributed by atoms with Crippen molar-refractivity contribution in [2.24, 2.45) is 0 Å². The Morgan fingerprint density at radius 2 is 0.880 bits per heavy atom. The standard InChI is InChI=1S/C49H31N/c1-2-13-35(14-3-1)50-48-21-11-10-20-42(48)47-26-31(23-25-49(47)50)34-29-43(46-27-32-12-4-5-15-36(32)44(46)30-34)33-22-24-41-39-18-7-6-16-37(39)38-17-8-9-19-40(38)45(41)28-33/h1-26,28-30H,27H2. The van der Waals surface area contributed by atoms with Crippen molar-refractivity contribution in [1.82, 2.24) is 4.57 Å². The van der Waals surface area contributed by atoms with E-state index in [1.54, 1.807) is 0 Å². The number of benzene rings is 9. The van der Waals surface area contributed by atoms with E-state index in [2.05, 4.69) is 180 Å². The first-order chi connectivity index (χ1) is 24.8. The van der Waals surface area contributed by atoms with Crippen LogP contribution >= 0.6 is 0 Å². The minimum Gasteiger partial charge on any atom is -0.309 e. The summed E-state index contributed by atoms with van der Waals surface area (Å²) in [7, 11) is 0. The Morgan fingerprint density at radius 1 is 0.320 bits per heavy atom. The van der Waals surface area contributed by atoms with Gasteiger partial charge < -0.3 is 4.57 Å². The fourth-order valence-electron chi connectivity index (χ4n) is 8.74. The molecule has 1 heteroatoms. The number of hydrogen-bond acceptors (Lipinski definition) is 0. The van der Waals surface area contributed by atoms with Gasteiger partial charge in [-0.1, -0.05) is 127 Å². The Bertz CT molecular complexity index is 2960. The second-order valence-corrected chi connectivity index (χ2v) is 13.7. The monoisotopic (exact) mass is 633 g/mol. The summed E-state index contributed by atoms with van der Waals surface area (Å²) in [4.78, 5) is 0. The normalized spacial score (nSPS) is 12.3. The number of fused-ring (bicyclic) bond motifs is 12. The first-order valence-corrected chi connectivity index (χ1v) is 17.5. The molecule has 1 aromatic heterocycles. The van der Waals surface area contributed by atoms with E-state index in [0.717, 1.165) is 6.42 Å². The van der Waals surface area contributed by atoms with Crippen LogP contribution in [0.2, 0.25) is 0 Å². The molecule has 0 unspecified atom stereocenters. The molecule has 1 nitrogen and oxygen atoms in total. The van der Waals surface area contributed by atoms with E-state index in [0.29, 0.717) is 0 Å². The van der Waals surface area contributed by atoms with Crippen molar-refractivity contribution < 1.29 is 0 Å². The lowest BCUT2D eigenvalue weighted by molar-refractivity contribution is 1.18. The third kappa shape index (κ3) is 3.95. The molecule has 10 aromatic rings. The molecule has 0 amide bonds. The summed E-state index contributed by atoms with van der Waals surface area (Å²) in [5.74, 6) is 0. The van der Waals surface area contributed by atoms with Crippen molar-refractivity contribution in [2.45, 2.75) is 6.42 Å². The lowest BCUT2D eigenvalue weighted by Gasteiger charge is -2.16.